The lowest BCUT2D eigenvalue weighted by molar-refractivity contribution is -0.111. The van der Waals surface area contributed by atoms with Crippen molar-refractivity contribution < 1.29 is 9.18 Å². The number of amides is 1. The molecule has 0 unspecified atom stereocenters. The van der Waals surface area contributed by atoms with Crippen LogP contribution in [0.2, 0.25) is 5.02 Å². The van der Waals surface area contributed by atoms with E-state index in [1.807, 2.05) is 61.5 Å². The van der Waals surface area contributed by atoms with E-state index in [2.05, 4.69) is 20.6 Å². The Morgan fingerprint density at radius 2 is 1.88 bits per heavy atom. The maximum Gasteiger partial charge on any atom is 0.248 e. The molecule has 0 atom stereocenters. The molecule has 172 valence electrons. The van der Waals surface area contributed by atoms with Gasteiger partial charge in [-0.2, -0.15) is 0 Å². The highest BCUT2D eigenvalue weighted by atomic mass is 35.5. The molecule has 1 aromatic heterocycles. The third-order valence-corrected chi connectivity index (χ3v) is 5.34. The summed E-state index contributed by atoms with van der Waals surface area (Å²) in [6, 6.07) is 17.7. The van der Waals surface area contributed by atoms with E-state index in [1.54, 1.807) is 12.1 Å². The van der Waals surface area contributed by atoms with Crippen LogP contribution in [-0.4, -0.2) is 41.4 Å². The van der Waals surface area contributed by atoms with E-state index in [4.69, 9.17) is 11.6 Å². The maximum atomic E-state index is 13.6. The number of nitrogens with one attached hydrogen (secondary N) is 2. The number of carbonyl (C=O) groups excluding carboxylic acids is 1. The number of benzene rings is 3. The lowest BCUT2D eigenvalue weighted by Crippen LogP contribution is -2.13. The van der Waals surface area contributed by atoms with Gasteiger partial charge in [-0.25, -0.2) is 14.4 Å². The van der Waals surface area contributed by atoms with Gasteiger partial charge in [0.1, 0.15) is 18.0 Å². The first-order valence-electron chi connectivity index (χ1n) is 10.6. The lowest BCUT2D eigenvalue weighted by atomic mass is 9.98. The van der Waals surface area contributed by atoms with E-state index in [-0.39, 0.29) is 10.9 Å². The summed E-state index contributed by atoms with van der Waals surface area (Å²) in [4.78, 5) is 23.5. The molecule has 3 aromatic carbocycles. The fraction of sp³-hybridized carbons (Fsp3) is 0.115. The van der Waals surface area contributed by atoms with Crippen LogP contribution in [-0.2, 0) is 4.79 Å². The predicted molar refractivity (Wildman–Crippen MR) is 136 cm³/mol. The van der Waals surface area contributed by atoms with Crippen molar-refractivity contribution in [3.8, 4) is 11.1 Å². The first kappa shape index (κ1) is 23.4. The molecule has 8 heteroatoms. The highest BCUT2D eigenvalue weighted by molar-refractivity contribution is 6.31. The number of nitrogens with zero attached hydrogens (tertiary/aromatic N) is 3. The van der Waals surface area contributed by atoms with Gasteiger partial charge in [-0.3, -0.25) is 4.79 Å². The quantitative estimate of drug-likeness (QED) is 0.326. The molecule has 0 aliphatic heterocycles. The van der Waals surface area contributed by atoms with Crippen molar-refractivity contribution >= 4 is 45.6 Å². The minimum atomic E-state index is -0.503. The Morgan fingerprint density at radius 1 is 1.09 bits per heavy atom. The van der Waals surface area contributed by atoms with E-state index in [0.29, 0.717) is 34.6 Å². The number of fused-ring (bicyclic) bond motifs is 1. The molecule has 0 fully saturated rings. The summed E-state index contributed by atoms with van der Waals surface area (Å²) in [7, 11) is 3.86. The van der Waals surface area contributed by atoms with Gasteiger partial charge in [0.25, 0.3) is 0 Å². The molecule has 2 N–H and O–H groups in total. The van der Waals surface area contributed by atoms with Crippen molar-refractivity contribution in [3.05, 3.63) is 90.0 Å². The lowest BCUT2D eigenvalue weighted by Gasteiger charge is -2.17. The third-order valence-electron chi connectivity index (χ3n) is 5.05. The second-order valence-electron chi connectivity index (χ2n) is 7.88. The number of carbonyl (C=O) groups is 1. The summed E-state index contributed by atoms with van der Waals surface area (Å²) in [5.74, 6) is -0.238. The number of aromatic nitrogens is 2. The highest BCUT2D eigenvalue weighted by Crippen LogP contribution is 2.39. The van der Waals surface area contributed by atoms with E-state index in [0.717, 1.165) is 11.1 Å². The van der Waals surface area contributed by atoms with Crippen LogP contribution in [0.1, 0.15) is 0 Å². The Bertz CT molecular complexity index is 1360. The Morgan fingerprint density at radius 3 is 2.62 bits per heavy atom. The third kappa shape index (κ3) is 5.39. The van der Waals surface area contributed by atoms with Gasteiger partial charge in [-0.15, -0.1) is 0 Å². The predicted octanol–water partition coefficient (Wildman–Crippen LogP) is 5.89. The van der Waals surface area contributed by atoms with Crippen molar-refractivity contribution in [2.24, 2.45) is 0 Å². The van der Waals surface area contributed by atoms with Crippen molar-refractivity contribution in [1.29, 1.82) is 0 Å². The fourth-order valence-electron chi connectivity index (χ4n) is 3.51. The van der Waals surface area contributed by atoms with Crippen molar-refractivity contribution in [2.45, 2.75) is 0 Å². The van der Waals surface area contributed by atoms with Gasteiger partial charge in [-0.1, -0.05) is 48.0 Å². The summed E-state index contributed by atoms with van der Waals surface area (Å²) in [6.45, 7) is 0.652. The molecule has 0 saturated carbocycles. The van der Waals surface area contributed by atoms with E-state index >= 15 is 0 Å². The number of likely N-dealkylation sites (N-methyl/N-ethyl adjacent to an activating group) is 1. The summed E-state index contributed by atoms with van der Waals surface area (Å²) in [5.41, 5.74) is 3.53. The van der Waals surface area contributed by atoms with Crippen LogP contribution in [0, 0.1) is 5.82 Å². The molecular weight excluding hydrogens is 453 g/mol. The summed E-state index contributed by atoms with van der Waals surface area (Å²) >= 11 is 5.96. The monoisotopic (exact) mass is 475 g/mol. The molecular formula is C26H23ClFN5O. The van der Waals surface area contributed by atoms with Gasteiger partial charge in [0.05, 0.1) is 15.9 Å². The normalized spacial score (nSPS) is 11.3. The summed E-state index contributed by atoms with van der Waals surface area (Å²) in [6.07, 6.45) is 4.76. The smallest absolute Gasteiger partial charge is 0.248 e. The standard InChI is InChI=1S/C26H23ClFN5O/c1-33(2)14-6-9-23(34)32-22-13-12-21-25(24(22)17-7-4-3-5-8-17)26(30-16-29-21)31-18-10-11-20(28)19(27)15-18/h3-13,15-16H,14H2,1-2H3,(H,32,34)(H,29,30,31)/b9-6+. The van der Waals surface area contributed by atoms with Crippen molar-refractivity contribution in [3.63, 3.8) is 0 Å². The zero-order chi connectivity index (χ0) is 24.1. The minimum Gasteiger partial charge on any atom is -0.340 e. The molecule has 0 bridgehead atoms. The van der Waals surface area contributed by atoms with Crippen LogP contribution in [0.4, 0.5) is 21.6 Å². The van der Waals surface area contributed by atoms with Gasteiger partial charge in [0, 0.05) is 29.6 Å². The molecule has 0 aliphatic carbocycles. The molecule has 4 rings (SSSR count). The summed E-state index contributed by atoms with van der Waals surface area (Å²) in [5, 5.41) is 6.92. The molecule has 34 heavy (non-hydrogen) atoms. The number of rotatable bonds is 7. The number of halogens is 2. The molecule has 0 aliphatic rings. The van der Waals surface area contributed by atoms with Gasteiger partial charge in [0.15, 0.2) is 0 Å². The largest absolute Gasteiger partial charge is 0.340 e. The average Bonchev–Trinajstić information content (AvgIpc) is 2.82. The Kier molecular flexibility index (Phi) is 7.15. The topological polar surface area (TPSA) is 70.2 Å². The van der Waals surface area contributed by atoms with Crippen LogP contribution in [0.25, 0.3) is 22.0 Å². The Labute approximate surface area is 202 Å². The van der Waals surface area contributed by atoms with Crippen LogP contribution >= 0.6 is 11.6 Å². The van der Waals surface area contributed by atoms with Gasteiger partial charge in [-0.05, 0) is 50.0 Å². The van der Waals surface area contributed by atoms with Crippen LogP contribution in [0.15, 0.2) is 79.1 Å². The molecule has 4 aromatic rings. The molecule has 0 saturated heterocycles. The molecule has 0 spiro atoms. The summed E-state index contributed by atoms with van der Waals surface area (Å²) < 4.78 is 13.6. The van der Waals surface area contributed by atoms with Crippen LogP contribution in [0.5, 0.6) is 0 Å². The average molecular weight is 476 g/mol. The number of anilines is 3. The van der Waals surface area contributed by atoms with Crippen LogP contribution < -0.4 is 10.6 Å². The second-order valence-corrected chi connectivity index (χ2v) is 8.29. The zero-order valence-corrected chi connectivity index (χ0v) is 19.5. The second kappa shape index (κ2) is 10.4. The van der Waals surface area contributed by atoms with Gasteiger partial charge < -0.3 is 15.5 Å². The van der Waals surface area contributed by atoms with Crippen molar-refractivity contribution in [2.75, 3.05) is 31.3 Å². The highest BCUT2D eigenvalue weighted by Gasteiger charge is 2.17. The first-order chi connectivity index (χ1) is 16.4. The zero-order valence-electron chi connectivity index (χ0n) is 18.7. The Hall–Kier alpha value is -3.81. The molecule has 1 amide bonds. The number of hydrogen-bond donors (Lipinski definition) is 2. The van der Waals surface area contributed by atoms with E-state index < -0.39 is 5.82 Å². The minimum absolute atomic E-state index is 0.00380. The molecule has 1 heterocycles. The SMILES string of the molecule is CN(C)C/C=C/C(=O)Nc1ccc2ncnc(Nc3ccc(F)c(Cl)c3)c2c1-c1ccccc1. The van der Waals surface area contributed by atoms with E-state index in [9.17, 15) is 9.18 Å². The maximum absolute atomic E-state index is 13.6. The van der Waals surface area contributed by atoms with Gasteiger partial charge in [0.2, 0.25) is 5.91 Å². The number of hydrogen-bond acceptors (Lipinski definition) is 5. The Balaban J connectivity index is 1.83. The van der Waals surface area contributed by atoms with Crippen molar-refractivity contribution in [1.82, 2.24) is 14.9 Å². The fourth-order valence-corrected chi connectivity index (χ4v) is 3.69. The van der Waals surface area contributed by atoms with E-state index in [1.165, 1.54) is 24.5 Å². The molecule has 0 radical (unpaired) electrons. The van der Waals surface area contributed by atoms with Gasteiger partial charge >= 0.3 is 0 Å². The van der Waals surface area contributed by atoms with Crippen LogP contribution in [0.3, 0.4) is 0 Å². The molecule has 6 nitrogen and oxygen atoms in total. The first-order valence-corrected chi connectivity index (χ1v) is 11.0.